The highest BCUT2D eigenvalue weighted by molar-refractivity contribution is 7.89. The van der Waals surface area contributed by atoms with Crippen LogP contribution < -0.4 is 14.6 Å². The first-order valence-corrected chi connectivity index (χ1v) is 8.96. The second-order valence-electron chi connectivity index (χ2n) is 5.10. The zero-order valence-corrected chi connectivity index (χ0v) is 15.2. The number of nitriles is 1. The van der Waals surface area contributed by atoms with E-state index in [-0.39, 0.29) is 28.2 Å². The van der Waals surface area contributed by atoms with Gasteiger partial charge in [0.2, 0.25) is 27.7 Å². The Kier molecular flexibility index (Phi) is 4.45. The first-order chi connectivity index (χ1) is 12.3. The Hall–Kier alpha value is -2.87. The van der Waals surface area contributed by atoms with Crippen molar-refractivity contribution in [2.24, 2.45) is 5.14 Å². The quantitative estimate of drug-likeness (QED) is 0.711. The van der Waals surface area contributed by atoms with Gasteiger partial charge in [-0.15, -0.1) is 0 Å². The largest absolute Gasteiger partial charge is 0.480 e. The normalized spacial score (nSPS) is 11.3. The molecule has 0 unspecified atom stereocenters. The molecule has 2 N–H and O–H groups in total. The van der Waals surface area contributed by atoms with Crippen LogP contribution in [0.15, 0.2) is 29.3 Å². The fourth-order valence-corrected chi connectivity index (χ4v) is 3.37. The van der Waals surface area contributed by atoms with E-state index in [1.165, 1.54) is 31.0 Å². The molecule has 9 nitrogen and oxygen atoms in total. The van der Waals surface area contributed by atoms with Crippen molar-refractivity contribution in [3.8, 4) is 23.8 Å². The summed E-state index contributed by atoms with van der Waals surface area (Å²) in [5.41, 5.74) is 0.426. The highest BCUT2D eigenvalue weighted by Gasteiger charge is 2.22. The minimum atomic E-state index is -4.01. The molecule has 2 aromatic heterocycles. The van der Waals surface area contributed by atoms with Crippen LogP contribution in [-0.4, -0.2) is 37.2 Å². The van der Waals surface area contributed by atoms with Crippen LogP contribution in [0.5, 0.6) is 11.8 Å². The molecule has 3 rings (SSSR count). The summed E-state index contributed by atoms with van der Waals surface area (Å²) in [7, 11) is -1.33. The van der Waals surface area contributed by atoms with Crippen molar-refractivity contribution in [3.05, 3.63) is 35.0 Å². The molecule has 0 aliphatic carbocycles. The Morgan fingerprint density at radius 2 is 1.85 bits per heavy atom. The standard InChI is InChI=1S/C15H12ClN5O4S/c1-24-13-10(6-17)14(25-2)20-15(19-13)21-7-12(26(18,22)23)9-4-3-8(16)5-11(9)21/h3-5,7H,1-2H3,(H2,18,22,23). The molecule has 0 aliphatic rings. The highest BCUT2D eigenvalue weighted by atomic mass is 35.5. The van der Waals surface area contributed by atoms with Gasteiger partial charge in [-0.3, -0.25) is 4.57 Å². The third-order valence-electron chi connectivity index (χ3n) is 3.58. The molecule has 0 amide bonds. The molecule has 0 saturated carbocycles. The molecule has 2 heterocycles. The molecule has 0 spiro atoms. The third-order valence-corrected chi connectivity index (χ3v) is 4.76. The summed E-state index contributed by atoms with van der Waals surface area (Å²) < 4.78 is 35.5. The molecular weight excluding hydrogens is 382 g/mol. The van der Waals surface area contributed by atoms with Crippen LogP contribution in [0, 0.1) is 11.3 Å². The van der Waals surface area contributed by atoms with E-state index in [1.807, 2.05) is 6.07 Å². The lowest BCUT2D eigenvalue weighted by atomic mass is 10.2. The Morgan fingerprint density at radius 1 is 1.23 bits per heavy atom. The summed E-state index contributed by atoms with van der Waals surface area (Å²) in [5, 5.41) is 15.3. The lowest BCUT2D eigenvalue weighted by molar-refractivity contribution is 0.368. The summed E-state index contributed by atoms with van der Waals surface area (Å²) >= 11 is 6.04. The van der Waals surface area contributed by atoms with Crippen LogP contribution in [0.1, 0.15) is 5.56 Å². The van der Waals surface area contributed by atoms with E-state index in [4.69, 9.17) is 26.2 Å². The van der Waals surface area contributed by atoms with Gasteiger partial charge in [0.05, 0.1) is 19.7 Å². The van der Waals surface area contributed by atoms with Gasteiger partial charge in [0.25, 0.3) is 0 Å². The fourth-order valence-electron chi connectivity index (χ4n) is 2.47. The van der Waals surface area contributed by atoms with E-state index in [1.54, 1.807) is 12.1 Å². The number of rotatable bonds is 4. The predicted molar refractivity (Wildman–Crippen MR) is 93.1 cm³/mol. The number of nitrogens with two attached hydrogens (primary N) is 1. The molecule has 0 bridgehead atoms. The van der Waals surface area contributed by atoms with Gasteiger partial charge in [-0.25, -0.2) is 13.6 Å². The van der Waals surface area contributed by atoms with Crippen LogP contribution in [-0.2, 0) is 10.0 Å². The minimum Gasteiger partial charge on any atom is -0.480 e. The van der Waals surface area contributed by atoms with E-state index < -0.39 is 10.0 Å². The van der Waals surface area contributed by atoms with Gasteiger partial charge in [0.1, 0.15) is 11.0 Å². The maximum absolute atomic E-state index is 11.9. The van der Waals surface area contributed by atoms with Crippen LogP contribution in [0.25, 0.3) is 16.9 Å². The fraction of sp³-hybridized carbons (Fsp3) is 0.133. The SMILES string of the molecule is COc1nc(-n2cc(S(N)(=O)=O)c3ccc(Cl)cc32)nc(OC)c1C#N. The van der Waals surface area contributed by atoms with Gasteiger partial charge < -0.3 is 9.47 Å². The molecular formula is C15H12ClN5O4S. The van der Waals surface area contributed by atoms with Crippen LogP contribution in [0.3, 0.4) is 0 Å². The van der Waals surface area contributed by atoms with Crippen LogP contribution >= 0.6 is 11.6 Å². The van der Waals surface area contributed by atoms with Crippen molar-refractivity contribution in [1.29, 1.82) is 5.26 Å². The van der Waals surface area contributed by atoms with E-state index in [0.717, 1.165) is 0 Å². The van der Waals surface area contributed by atoms with Gasteiger partial charge in [0, 0.05) is 16.6 Å². The summed E-state index contributed by atoms with van der Waals surface area (Å²) in [6.07, 6.45) is 1.27. The smallest absolute Gasteiger partial charge is 0.240 e. The number of halogens is 1. The number of sulfonamides is 1. The molecule has 11 heteroatoms. The van der Waals surface area contributed by atoms with Gasteiger partial charge in [0.15, 0.2) is 5.56 Å². The Bertz CT molecular complexity index is 1140. The zero-order chi connectivity index (χ0) is 19.1. The summed E-state index contributed by atoms with van der Waals surface area (Å²) in [4.78, 5) is 8.21. The highest BCUT2D eigenvalue weighted by Crippen LogP contribution is 2.31. The molecule has 3 aromatic rings. The van der Waals surface area contributed by atoms with E-state index in [2.05, 4.69) is 9.97 Å². The van der Waals surface area contributed by atoms with E-state index in [0.29, 0.717) is 15.9 Å². The number of ether oxygens (including phenoxy) is 2. The molecule has 1 aromatic carbocycles. The first-order valence-electron chi connectivity index (χ1n) is 7.04. The number of benzene rings is 1. The topological polar surface area (TPSA) is 133 Å². The van der Waals surface area contributed by atoms with Crippen LogP contribution in [0.2, 0.25) is 5.02 Å². The molecule has 134 valence electrons. The van der Waals surface area contributed by atoms with Crippen molar-refractivity contribution < 1.29 is 17.9 Å². The Balaban J connectivity index is 2.40. The molecule has 0 fully saturated rings. The maximum Gasteiger partial charge on any atom is 0.240 e. The minimum absolute atomic E-state index is 0.0138. The number of primary sulfonamides is 1. The number of methoxy groups -OCH3 is 2. The Morgan fingerprint density at radius 3 is 2.35 bits per heavy atom. The van der Waals surface area contributed by atoms with Gasteiger partial charge in [-0.1, -0.05) is 11.6 Å². The van der Waals surface area contributed by atoms with E-state index >= 15 is 0 Å². The maximum atomic E-state index is 11.9. The van der Waals surface area contributed by atoms with Gasteiger partial charge in [-0.2, -0.15) is 15.2 Å². The van der Waals surface area contributed by atoms with Crippen molar-refractivity contribution in [1.82, 2.24) is 14.5 Å². The second kappa shape index (κ2) is 6.45. The monoisotopic (exact) mass is 393 g/mol. The molecule has 0 aliphatic heterocycles. The average Bonchev–Trinajstić information content (AvgIpc) is 2.99. The second-order valence-corrected chi connectivity index (χ2v) is 7.07. The Labute approximate surface area is 153 Å². The van der Waals surface area contributed by atoms with Gasteiger partial charge >= 0.3 is 0 Å². The number of nitrogens with zero attached hydrogens (tertiary/aromatic N) is 4. The summed E-state index contributed by atoms with van der Waals surface area (Å²) in [6.45, 7) is 0. The predicted octanol–water partition coefficient (Wildman–Crippen LogP) is 1.61. The molecule has 0 radical (unpaired) electrons. The van der Waals surface area contributed by atoms with Crippen LogP contribution in [0.4, 0.5) is 0 Å². The number of hydrogen-bond acceptors (Lipinski definition) is 7. The van der Waals surface area contributed by atoms with Crippen molar-refractivity contribution >= 4 is 32.5 Å². The van der Waals surface area contributed by atoms with Crippen molar-refractivity contribution in [3.63, 3.8) is 0 Å². The summed E-state index contributed by atoms with van der Waals surface area (Å²) in [5.74, 6) is -0.00867. The lowest BCUT2D eigenvalue weighted by Crippen LogP contribution is -2.11. The van der Waals surface area contributed by atoms with Crippen molar-refractivity contribution in [2.45, 2.75) is 4.90 Å². The zero-order valence-electron chi connectivity index (χ0n) is 13.6. The summed E-state index contributed by atoms with van der Waals surface area (Å²) in [6, 6.07) is 6.53. The number of hydrogen-bond donors (Lipinski definition) is 1. The number of aromatic nitrogens is 3. The lowest BCUT2D eigenvalue weighted by Gasteiger charge is -2.10. The third kappa shape index (κ3) is 2.92. The average molecular weight is 394 g/mol. The van der Waals surface area contributed by atoms with Gasteiger partial charge in [-0.05, 0) is 18.2 Å². The van der Waals surface area contributed by atoms with E-state index in [9.17, 15) is 13.7 Å². The first kappa shape index (κ1) is 17.9. The molecule has 26 heavy (non-hydrogen) atoms. The molecule has 0 atom stereocenters. The number of fused-ring (bicyclic) bond motifs is 1. The molecule has 0 saturated heterocycles. The van der Waals surface area contributed by atoms with Crippen molar-refractivity contribution in [2.75, 3.05) is 14.2 Å².